The van der Waals surface area contributed by atoms with Gasteiger partial charge in [-0.15, -0.1) is 0 Å². The molecule has 0 bridgehead atoms. The fraction of sp³-hybridized carbons (Fsp3) is 0.0625. The first-order chi connectivity index (χ1) is 11.1. The van der Waals surface area contributed by atoms with Crippen molar-refractivity contribution in [1.82, 2.24) is 15.2 Å². The van der Waals surface area contributed by atoms with Crippen molar-refractivity contribution < 1.29 is 14.3 Å². The fourth-order valence-electron chi connectivity index (χ4n) is 2.19. The predicted octanol–water partition coefficient (Wildman–Crippen LogP) is 1.40. The van der Waals surface area contributed by atoms with Crippen molar-refractivity contribution >= 4 is 35.2 Å². The lowest BCUT2D eigenvalue weighted by Crippen LogP contribution is -2.51. The SMILES string of the molecule is COc1ccc(-n2ccc(C=C3C(=O)NC(=S)NC3=O)c2)cc1. The van der Waals surface area contributed by atoms with E-state index in [4.69, 9.17) is 17.0 Å². The van der Waals surface area contributed by atoms with E-state index in [-0.39, 0.29) is 10.7 Å². The van der Waals surface area contributed by atoms with Gasteiger partial charge in [-0.25, -0.2) is 0 Å². The van der Waals surface area contributed by atoms with Crippen molar-refractivity contribution in [1.29, 1.82) is 0 Å². The summed E-state index contributed by atoms with van der Waals surface area (Å²) in [6.45, 7) is 0. The molecule has 2 heterocycles. The maximum absolute atomic E-state index is 11.8. The summed E-state index contributed by atoms with van der Waals surface area (Å²) in [4.78, 5) is 23.6. The van der Waals surface area contributed by atoms with Crippen LogP contribution in [-0.4, -0.2) is 28.6 Å². The van der Waals surface area contributed by atoms with Gasteiger partial charge in [0.1, 0.15) is 11.3 Å². The van der Waals surface area contributed by atoms with E-state index in [9.17, 15) is 9.59 Å². The third-order valence-electron chi connectivity index (χ3n) is 3.34. The standard InChI is InChI=1S/C16H13N3O3S/c1-22-12-4-2-11(3-5-12)19-7-6-10(9-19)8-13-14(20)17-16(23)18-15(13)21/h2-9H,1H3,(H2,17,18,20,21,23). The molecule has 7 heteroatoms. The Morgan fingerprint density at radius 3 is 2.35 bits per heavy atom. The van der Waals surface area contributed by atoms with E-state index in [1.54, 1.807) is 7.11 Å². The Balaban J connectivity index is 1.86. The molecule has 0 unspecified atom stereocenters. The number of thiocarbonyl (C=S) groups is 1. The molecule has 1 aromatic heterocycles. The number of benzene rings is 1. The van der Waals surface area contributed by atoms with Crippen molar-refractivity contribution in [2.45, 2.75) is 0 Å². The summed E-state index contributed by atoms with van der Waals surface area (Å²) >= 11 is 4.76. The molecule has 1 aromatic carbocycles. The molecule has 0 aliphatic carbocycles. The summed E-state index contributed by atoms with van der Waals surface area (Å²) < 4.78 is 7.01. The second-order valence-corrected chi connectivity index (χ2v) is 5.25. The maximum Gasteiger partial charge on any atom is 0.263 e. The highest BCUT2D eigenvalue weighted by atomic mass is 32.1. The first kappa shape index (κ1) is 15.0. The number of nitrogens with one attached hydrogen (secondary N) is 2. The molecule has 1 saturated heterocycles. The summed E-state index contributed by atoms with van der Waals surface area (Å²) in [5.41, 5.74) is 1.69. The Hall–Kier alpha value is -2.93. The third kappa shape index (κ3) is 3.14. The molecule has 0 atom stereocenters. The number of amides is 2. The van der Waals surface area contributed by atoms with Crippen molar-refractivity contribution in [3.8, 4) is 11.4 Å². The van der Waals surface area contributed by atoms with E-state index < -0.39 is 11.8 Å². The summed E-state index contributed by atoms with van der Waals surface area (Å²) in [5.74, 6) is -0.235. The van der Waals surface area contributed by atoms with E-state index in [0.29, 0.717) is 0 Å². The smallest absolute Gasteiger partial charge is 0.263 e. The van der Waals surface area contributed by atoms with Crippen LogP contribution in [0.2, 0.25) is 0 Å². The number of hydrogen-bond donors (Lipinski definition) is 2. The van der Waals surface area contributed by atoms with Crippen LogP contribution in [0, 0.1) is 0 Å². The maximum atomic E-state index is 11.8. The van der Waals surface area contributed by atoms with Gasteiger partial charge in [-0.05, 0) is 54.2 Å². The molecule has 116 valence electrons. The average Bonchev–Trinajstić information content (AvgIpc) is 2.99. The minimum Gasteiger partial charge on any atom is -0.497 e. The minimum absolute atomic E-state index is 0.0195. The molecule has 2 aromatic rings. The monoisotopic (exact) mass is 327 g/mol. The lowest BCUT2D eigenvalue weighted by atomic mass is 10.1. The van der Waals surface area contributed by atoms with Crippen molar-refractivity contribution in [3.63, 3.8) is 0 Å². The molecule has 1 aliphatic rings. The van der Waals surface area contributed by atoms with E-state index in [2.05, 4.69) is 10.6 Å². The largest absolute Gasteiger partial charge is 0.497 e. The van der Waals surface area contributed by atoms with Crippen LogP contribution in [0.5, 0.6) is 5.75 Å². The Morgan fingerprint density at radius 2 is 1.74 bits per heavy atom. The van der Waals surface area contributed by atoms with E-state index in [1.807, 2.05) is 47.3 Å². The Kier molecular flexibility index (Phi) is 3.94. The van der Waals surface area contributed by atoms with Crippen LogP contribution < -0.4 is 15.4 Å². The lowest BCUT2D eigenvalue weighted by Gasteiger charge is -2.15. The molecule has 2 N–H and O–H groups in total. The van der Waals surface area contributed by atoms with Crippen molar-refractivity contribution in [3.05, 3.63) is 53.9 Å². The number of carbonyl (C=O) groups excluding carboxylic acids is 2. The van der Waals surface area contributed by atoms with Crippen LogP contribution in [0.15, 0.2) is 48.3 Å². The zero-order valence-corrected chi connectivity index (χ0v) is 13.0. The van der Waals surface area contributed by atoms with Gasteiger partial charge in [-0.1, -0.05) is 0 Å². The highest BCUT2D eigenvalue weighted by Gasteiger charge is 2.25. The van der Waals surface area contributed by atoms with Gasteiger partial charge in [-0.3, -0.25) is 20.2 Å². The molecule has 1 fully saturated rings. The number of nitrogens with zero attached hydrogens (tertiary/aromatic N) is 1. The third-order valence-corrected chi connectivity index (χ3v) is 3.54. The van der Waals surface area contributed by atoms with E-state index in [1.165, 1.54) is 6.08 Å². The molecular formula is C16H13N3O3S. The molecule has 3 rings (SSSR count). The molecular weight excluding hydrogens is 314 g/mol. The number of carbonyl (C=O) groups is 2. The van der Waals surface area contributed by atoms with Gasteiger partial charge in [0, 0.05) is 18.1 Å². The topological polar surface area (TPSA) is 72.4 Å². The number of ether oxygens (including phenoxy) is 1. The predicted molar refractivity (Wildman–Crippen MR) is 89.2 cm³/mol. The molecule has 0 saturated carbocycles. The van der Waals surface area contributed by atoms with Crippen LogP contribution >= 0.6 is 12.2 Å². The first-order valence-corrected chi connectivity index (χ1v) is 7.18. The van der Waals surface area contributed by atoms with Crippen molar-refractivity contribution in [2.24, 2.45) is 0 Å². The lowest BCUT2D eigenvalue weighted by molar-refractivity contribution is -0.123. The molecule has 1 aliphatic heterocycles. The summed E-state index contributed by atoms with van der Waals surface area (Å²) in [6, 6.07) is 9.35. The fourth-order valence-corrected chi connectivity index (χ4v) is 2.37. The highest BCUT2D eigenvalue weighted by molar-refractivity contribution is 7.80. The zero-order valence-electron chi connectivity index (χ0n) is 12.2. The molecule has 0 radical (unpaired) electrons. The summed E-state index contributed by atoms with van der Waals surface area (Å²) in [5, 5.41) is 4.83. The van der Waals surface area contributed by atoms with Gasteiger partial charge in [0.2, 0.25) is 0 Å². The Morgan fingerprint density at radius 1 is 1.09 bits per heavy atom. The normalized spacial score (nSPS) is 14.3. The number of hydrogen-bond acceptors (Lipinski definition) is 4. The molecule has 0 spiro atoms. The van der Waals surface area contributed by atoms with Crippen LogP contribution in [0.3, 0.4) is 0 Å². The van der Waals surface area contributed by atoms with E-state index >= 15 is 0 Å². The quantitative estimate of drug-likeness (QED) is 0.508. The second-order valence-electron chi connectivity index (χ2n) is 4.85. The number of methoxy groups -OCH3 is 1. The Bertz CT molecular complexity index is 799. The first-order valence-electron chi connectivity index (χ1n) is 6.77. The molecule has 2 amide bonds. The summed E-state index contributed by atoms with van der Waals surface area (Å²) in [7, 11) is 1.61. The molecule has 23 heavy (non-hydrogen) atoms. The second kappa shape index (κ2) is 6.05. The van der Waals surface area contributed by atoms with Crippen LogP contribution in [0.25, 0.3) is 11.8 Å². The number of rotatable bonds is 3. The Labute approximate surface area is 137 Å². The highest BCUT2D eigenvalue weighted by Crippen LogP contribution is 2.17. The minimum atomic E-state index is -0.504. The van der Waals surface area contributed by atoms with Gasteiger partial charge >= 0.3 is 0 Å². The van der Waals surface area contributed by atoms with Gasteiger partial charge < -0.3 is 9.30 Å². The van der Waals surface area contributed by atoms with Crippen LogP contribution in [0.4, 0.5) is 0 Å². The summed E-state index contributed by atoms with van der Waals surface area (Å²) in [6.07, 6.45) is 5.19. The number of aromatic nitrogens is 1. The van der Waals surface area contributed by atoms with Gasteiger partial charge in [0.05, 0.1) is 7.11 Å². The van der Waals surface area contributed by atoms with Crippen molar-refractivity contribution in [2.75, 3.05) is 7.11 Å². The van der Waals surface area contributed by atoms with E-state index in [0.717, 1.165) is 17.0 Å². The van der Waals surface area contributed by atoms with Gasteiger partial charge in [0.25, 0.3) is 11.8 Å². The van der Waals surface area contributed by atoms with Crippen LogP contribution in [-0.2, 0) is 9.59 Å². The van der Waals surface area contributed by atoms with Crippen LogP contribution in [0.1, 0.15) is 5.56 Å². The van der Waals surface area contributed by atoms with Gasteiger partial charge in [-0.2, -0.15) is 0 Å². The van der Waals surface area contributed by atoms with Gasteiger partial charge in [0.15, 0.2) is 5.11 Å². The average molecular weight is 327 g/mol. The zero-order chi connectivity index (χ0) is 16.4. The molecule has 6 nitrogen and oxygen atoms in total.